The van der Waals surface area contributed by atoms with Crippen LogP contribution in [0.4, 0.5) is 0 Å². The van der Waals surface area contributed by atoms with Crippen LogP contribution in [0.3, 0.4) is 0 Å². The Morgan fingerprint density at radius 2 is 1.77 bits per heavy atom. The van der Waals surface area contributed by atoms with E-state index in [0.29, 0.717) is 18.0 Å². The Labute approximate surface area is 181 Å². The van der Waals surface area contributed by atoms with Crippen molar-refractivity contribution in [3.8, 4) is 22.8 Å². The molecular formula is C24H26N4O3. The highest BCUT2D eigenvalue weighted by Crippen LogP contribution is 2.37. The molecule has 1 N–H and O–H groups in total. The van der Waals surface area contributed by atoms with Gasteiger partial charge in [-0.3, -0.25) is 14.5 Å². The summed E-state index contributed by atoms with van der Waals surface area (Å²) in [6.07, 6.45) is 2.69. The number of hydrogen-bond acceptors (Lipinski definition) is 5. The van der Waals surface area contributed by atoms with E-state index in [1.54, 1.807) is 18.9 Å². The van der Waals surface area contributed by atoms with Crippen molar-refractivity contribution in [3.05, 3.63) is 48.2 Å². The van der Waals surface area contributed by atoms with Gasteiger partial charge in [0.2, 0.25) is 5.91 Å². The predicted molar refractivity (Wildman–Crippen MR) is 122 cm³/mol. The van der Waals surface area contributed by atoms with Crippen molar-refractivity contribution in [2.45, 2.75) is 26.8 Å². The van der Waals surface area contributed by atoms with E-state index in [1.165, 1.54) is 5.56 Å². The van der Waals surface area contributed by atoms with Gasteiger partial charge in [-0.2, -0.15) is 5.10 Å². The number of carbonyl (C=O) groups excluding carboxylic acids is 1. The fourth-order valence-electron chi connectivity index (χ4n) is 3.68. The number of rotatable bonds is 7. The van der Waals surface area contributed by atoms with Gasteiger partial charge in [-0.15, -0.1) is 0 Å². The molecule has 0 bridgehead atoms. The molecule has 0 fully saturated rings. The van der Waals surface area contributed by atoms with E-state index in [1.807, 2.05) is 44.3 Å². The van der Waals surface area contributed by atoms with Crippen LogP contribution in [0.25, 0.3) is 33.1 Å². The molecule has 0 unspecified atom stereocenters. The smallest absolute Gasteiger partial charge is 0.241 e. The Hall–Kier alpha value is -3.61. The minimum absolute atomic E-state index is 0.0767. The Morgan fingerprint density at radius 3 is 2.45 bits per heavy atom. The second-order valence-corrected chi connectivity index (χ2v) is 7.47. The van der Waals surface area contributed by atoms with Crippen LogP contribution in [0.15, 0.2) is 42.6 Å². The topological polar surface area (TPSA) is 78.3 Å². The monoisotopic (exact) mass is 418 g/mol. The molecule has 2 aromatic heterocycles. The van der Waals surface area contributed by atoms with Crippen molar-refractivity contribution in [2.75, 3.05) is 20.8 Å². The summed E-state index contributed by atoms with van der Waals surface area (Å²) in [6.45, 7) is 4.83. The molecule has 7 heteroatoms. The fourth-order valence-corrected chi connectivity index (χ4v) is 3.68. The molecule has 4 aromatic rings. The molecule has 0 atom stereocenters. The van der Waals surface area contributed by atoms with Crippen LogP contribution < -0.4 is 14.8 Å². The van der Waals surface area contributed by atoms with Crippen molar-refractivity contribution in [1.29, 1.82) is 0 Å². The standard InChI is InChI=1S/C24H26N4O3/c1-5-10-25-22(29)14-28-24-17-11-20(30-3)21(31-4)12-19(17)26-13-18(24)23(27-28)16-8-6-15(2)7-9-16/h6-9,11-13H,5,10,14H2,1-4H3,(H,25,29). The van der Waals surface area contributed by atoms with Gasteiger partial charge in [0.1, 0.15) is 12.2 Å². The molecule has 0 saturated carbocycles. The maximum atomic E-state index is 12.5. The van der Waals surface area contributed by atoms with Crippen molar-refractivity contribution in [2.24, 2.45) is 0 Å². The zero-order chi connectivity index (χ0) is 22.0. The van der Waals surface area contributed by atoms with Crippen LogP contribution >= 0.6 is 0 Å². The minimum Gasteiger partial charge on any atom is -0.493 e. The summed E-state index contributed by atoms with van der Waals surface area (Å²) in [7, 11) is 3.20. The van der Waals surface area contributed by atoms with E-state index >= 15 is 0 Å². The summed E-state index contributed by atoms with van der Waals surface area (Å²) in [6, 6.07) is 11.9. The maximum absolute atomic E-state index is 12.5. The maximum Gasteiger partial charge on any atom is 0.241 e. The molecule has 160 valence electrons. The number of nitrogens with zero attached hydrogens (tertiary/aromatic N) is 3. The van der Waals surface area contributed by atoms with Crippen LogP contribution in [-0.4, -0.2) is 41.4 Å². The first-order valence-corrected chi connectivity index (χ1v) is 10.3. The molecule has 31 heavy (non-hydrogen) atoms. The van der Waals surface area contributed by atoms with Gasteiger partial charge in [0, 0.05) is 35.1 Å². The van der Waals surface area contributed by atoms with Gasteiger partial charge in [0.25, 0.3) is 0 Å². The quantitative estimate of drug-likeness (QED) is 0.489. The predicted octanol–water partition coefficient (Wildman–Crippen LogP) is 4.10. The average molecular weight is 418 g/mol. The zero-order valence-corrected chi connectivity index (χ0v) is 18.2. The van der Waals surface area contributed by atoms with Gasteiger partial charge >= 0.3 is 0 Å². The van der Waals surface area contributed by atoms with E-state index in [2.05, 4.69) is 22.4 Å². The number of benzene rings is 2. The number of amides is 1. The van der Waals surface area contributed by atoms with E-state index < -0.39 is 0 Å². The number of fused-ring (bicyclic) bond motifs is 3. The molecule has 2 aromatic carbocycles. The summed E-state index contributed by atoms with van der Waals surface area (Å²) in [5, 5.41) is 9.49. The van der Waals surface area contributed by atoms with E-state index in [9.17, 15) is 4.79 Å². The Morgan fingerprint density at radius 1 is 1.06 bits per heavy atom. The first kappa shape index (κ1) is 20.7. The molecule has 4 rings (SSSR count). The lowest BCUT2D eigenvalue weighted by molar-refractivity contribution is -0.121. The van der Waals surface area contributed by atoms with E-state index in [0.717, 1.165) is 39.5 Å². The molecule has 0 radical (unpaired) electrons. The molecule has 1 amide bonds. The largest absolute Gasteiger partial charge is 0.493 e. The molecule has 2 heterocycles. The Kier molecular flexibility index (Phi) is 5.75. The lowest BCUT2D eigenvalue weighted by Crippen LogP contribution is -2.28. The molecule has 0 spiro atoms. The summed E-state index contributed by atoms with van der Waals surface area (Å²) < 4.78 is 12.7. The summed E-state index contributed by atoms with van der Waals surface area (Å²) >= 11 is 0. The van der Waals surface area contributed by atoms with Gasteiger partial charge < -0.3 is 14.8 Å². The SMILES string of the molecule is CCCNC(=O)Cn1nc(-c2ccc(C)cc2)c2cnc3cc(OC)c(OC)cc3c21. The van der Waals surface area contributed by atoms with Gasteiger partial charge in [0.15, 0.2) is 11.5 Å². The molecule has 0 aliphatic carbocycles. The highest BCUT2D eigenvalue weighted by Gasteiger charge is 2.19. The fraction of sp³-hybridized carbons (Fsp3) is 0.292. The van der Waals surface area contributed by atoms with Crippen molar-refractivity contribution in [1.82, 2.24) is 20.1 Å². The highest BCUT2D eigenvalue weighted by molar-refractivity contribution is 6.09. The zero-order valence-electron chi connectivity index (χ0n) is 18.2. The minimum atomic E-state index is -0.0767. The second kappa shape index (κ2) is 8.63. The van der Waals surface area contributed by atoms with Crippen molar-refractivity contribution >= 4 is 27.7 Å². The number of pyridine rings is 1. The average Bonchev–Trinajstić information content (AvgIpc) is 3.15. The normalized spacial score (nSPS) is 11.1. The number of methoxy groups -OCH3 is 2. The van der Waals surface area contributed by atoms with Gasteiger partial charge in [-0.25, -0.2) is 0 Å². The number of ether oxygens (including phenoxy) is 2. The Bertz CT molecular complexity index is 1250. The number of aromatic nitrogens is 3. The number of aryl methyl sites for hydroxylation is 1. The third-order valence-electron chi connectivity index (χ3n) is 5.27. The molecule has 7 nitrogen and oxygen atoms in total. The number of hydrogen-bond donors (Lipinski definition) is 1. The Balaban J connectivity index is 1.96. The highest BCUT2D eigenvalue weighted by atomic mass is 16.5. The van der Waals surface area contributed by atoms with Gasteiger partial charge in [-0.1, -0.05) is 36.8 Å². The third kappa shape index (κ3) is 3.91. The van der Waals surface area contributed by atoms with Crippen molar-refractivity contribution < 1.29 is 14.3 Å². The second-order valence-electron chi connectivity index (χ2n) is 7.47. The molecule has 0 aliphatic heterocycles. The van der Waals surface area contributed by atoms with E-state index in [-0.39, 0.29) is 12.5 Å². The first-order valence-electron chi connectivity index (χ1n) is 10.3. The molecule has 0 saturated heterocycles. The van der Waals surface area contributed by atoms with Crippen LogP contribution in [0.1, 0.15) is 18.9 Å². The lowest BCUT2D eigenvalue weighted by Gasteiger charge is -2.11. The molecule has 0 aliphatic rings. The summed E-state index contributed by atoms with van der Waals surface area (Å²) in [4.78, 5) is 17.2. The van der Waals surface area contributed by atoms with Gasteiger partial charge in [-0.05, 0) is 19.4 Å². The van der Waals surface area contributed by atoms with E-state index in [4.69, 9.17) is 14.6 Å². The van der Waals surface area contributed by atoms with Crippen LogP contribution in [0.2, 0.25) is 0 Å². The van der Waals surface area contributed by atoms with Crippen LogP contribution in [-0.2, 0) is 11.3 Å². The summed E-state index contributed by atoms with van der Waals surface area (Å²) in [5.41, 5.74) is 4.53. The van der Waals surface area contributed by atoms with Crippen molar-refractivity contribution in [3.63, 3.8) is 0 Å². The first-order chi connectivity index (χ1) is 15.0. The number of carbonyl (C=O) groups is 1. The molecular weight excluding hydrogens is 392 g/mol. The summed E-state index contributed by atoms with van der Waals surface area (Å²) in [5.74, 6) is 1.13. The van der Waals surface area contributed by atoms with Crippen LogP contribution in [0.5, 0.6) is 11.5 Å². The van der Waals surface area contributed by atoms with Gasteiger partial charge in [0.05, 0.1) is 25.3 Å². The lowest BCUT2D eigenvalue weighted by atomic mass is 10.1. The third-order valence-corrected chi connectivity index (χ3v) is 5.27. The van der Waals surface area contributed by atoms with Crippen LogP contribution in [0, 0.1) is 6.92 Å². The number of nitrogens with one attached hydrogen (secondary N) is 1.